The van der Waals surface area contributed by atoms with E-state index in [1.165, 1.54) is 12.1 Å². The number of nitrogens with one attached hydrogen (secondary N) is 1. The Bertz CT molecular complexity index is 711. The summed E-state index contributed by atoms with van der Waals surface area (Å²) in [7, 11) is 0. The van der Waals surface area contributed by atoms with Crippen molar-refractivity contribution in [1.29, 1.82) is 0 Å². The lowest BCUT2D eigenvalue weighted by Crippen LogP contribution is -2.34. The van der Waals surface area contributed by atoms with E-state index in [1.54, 1.807) is 6.07 Å². The molecule has 0 fully saturated rings. The van der Waals surface area contributed by atoms with Crippen LogP contribution in [0.1, 0.15) is 30.0 Å². The van der Waals surface area contributed by atoms with E-state index in [4.69, 9.17) is 5.73 Å². The first-order valence-corrected chi connectivity index (χ1v) is 8.04. The number of para-hydroxylation sites is 1. The van der Waals surface area contributed by atoms with Crippen LogP contribution in [-0.2, 0) is 23.8 Å². The molecular weight excluding hydrogens is 329 g/mol. The molecule has 2 rings (SSSR count). The minimum absolute atomic E-state index is 0.109. The van der Waals surface area contributed by atoms with Gasteiger partial charge in [0.25, 0.3) is 0 Å². The zero-order valence-electron chi connectivity index (χ0n) is 13.9. The monoisotopic (exact) mass is 350 g/mol. The molecular formula is C19H21F3N2O. The Kier molecular flexibility index (Phi) is 6.07. The fourth-order valence-electron chi connectivity index (χ4n) is 2.59. The van der Waals surface area contributed by atoms with Crippen LogP contribution in [-0.4, -0.2) is 11.9 Å². The van der Waals surface area contributed by atoms with Gasteiger partial charge in [-0.3, -0.25) is 4.79 Å². The summed E-state index contributed by atoms with van der Waals surface area (Å²) in [5.74, 6) is -0.109. The zero-order chi connectivity index (χ0) is 18.4. The molecule has 0 aliphatic carbocycles. The Morgan fingerprint density at radius 1 is 1.12 bits per heavy atom. The van der Waals surface area contributed by atoms with Crippen LogP contribution in [0.4, 0.5) is 18.9 Å². The van der Waals surface area contributed by atoms with Gasteiger partial charge in [0.2, 0.25) is 5.91 Å². The number of carbonyl (C=O) groups excluding carboxylic acids is 1. The molecule has 0 aliphatic heterocycles. The second-order valence-electron chi connectivity index (χ2n) is 6.07. The third kappa shape index (κ3) is 5.81. The van der Waals surface area contributed by atoms with Gasteiger partial charge < -0.3 is 11.1 Å². The van der Waals surface area contributed by atoms with Crippen LogP contribution >= 0.6 is 0 Å². The number of alkyl halides is 3. The van der Waals surface area contributed by atoms with Gasteiger partial charge in [-0.15, -0.1) is 0 Å². The lowest BCUT2D eigenvalue weighted by atomic mass is 10.0. The number of benzene rings is 2. The summed E-state index contributed by atoms with van der Waals surface area (Å²) in [5, 5.41) is 2.86. The predicted octanol–water partition coefficient (Wildman–Crippen LogP) is 3.97. The molecule has 1 amide bonds. The molecule has 0 bridgehead atoms. The zero-order valence-corrected chi connectivity index (χ0v) is 13.9. The van der Waals surface area contributed by atoms with E-state index in [0.29, 0.717) is 24.9 Å². The first-order valence-electron chi connectivity index (χ1n) is 8.04. The van der Waals surface area contributed by atoms with Gasteiger partial charge >= 0.3 is 6.18 Å². The molecule has 3 nitrogen and oxygen atoms in total. The average molecular weight is 350 g/mol. The minimum atomic E-state index is -4.34. The Morgan fingerprint density at radius 3 is 2.36 bits per heavy atom. The molecule has 2 aromatic carbocycles. The van der Waals surface area contributed by atoms with Crippen LogP contribution in [0.2, 0.25) is 0 Å². The topological polar surface area (TPSA) is 55.1 Å². The summed E-state index contributed by atoms with van der Waals surface area (Å²) in [6.07, 6.45) is -3.01. The van der Waals surface area contributed by atoms with Crippen LogP contribution in [0, 0.1) is 0 Å². The SMILES string of the molecule is CC(Cc1ccc(C(F)(F)F)cc1)NC(=O)CCc1ccccc1N. The molecule has 0 heterocycles. The van der Waals surface area contributed by atoms with Crippen LogP contribution in [0.15, 0.2) is 48.5 Å². The van der Waals surface area contributed by atoms with E-state index >= 15 is 0 Å². The van der Waals surface area contributed by atoms with Crippen molar-refractivity contribution < 1.29 is 18.0 Å². The van der Waals surface area contributed by atoms with Gasteiger partial charge in [-0.25, -0.2) is 0 Å². The Hall–Kier alpha value is -2.50. The van der Waals surface area contributed by atoms with E-state index in [2.05, 4.69) is 5.32 Å². The lowest BCUT2D eigenvalue weighted by Gasteiger charge is -2.15. The quantitative estimate of drug-likeness (QED) is 0.775. The largest absolute Gasteiger partial charge is 0.416 e. The average Bonchev–Trinajstić information content (AvgIpc) is 2.53. The fraction of sp³-hybridized carbons (Fsp3) is 0.316. The molecule has 1 atom stereocenters. The summed E-state index contributed by atoms with van der Waals surface area (Å²) in [4.78, 5) is 12.0. The van der Waals surface area contributed by atoms with Gasteiger partial charge in [-0.2, -0.15) is 13.2 Å². The number of aryl methyl sites for hydroxylation is 1. The van der Waals surface area contributed by atoms with Crippen molar-refractivity contribution in [1.82, 2.24) is 5.32 Å². The van der Waals surface area contributed by atoms with Crippen molar-refractivity contribution in [3.63, 3.8) is 0 Å². The summed E-state index contributed by atoms with van der Waals surface area (Å²) >= 11 is 0. The minimum Gasteiger partial charge on any atom is -0.399 e. The standard InChI is InChI=1S/C19H21F3N2O/c1-13(12-14-6-9-16(10-7-14)19(20,21)22)24-18(25)11-8-15-4-2-3-5-17(15)23/h2-7,9-10,13H,8,11-12,23H2,1H3,(H,24,25). The van der Waals surface area contributed by atoms with Crippen molar-refractivity contribution in [2.75, 3.05) is 5.73 Å². The maximum absolute atomic E-state index is 12.5. The third-order valence-electron chi connectivity index (χ3n) is 3.91. The normalized spacial score (nSPS) is 12.6. The Labute approximate surface area is 145 Å². The number of carbonyl (C=O) groups is 1. The molecule has 1 unspecified atom stereocenters. The summed E-state index contributed by atoms with van der Waals surface area (Å²) in [6, 6.07) is 12.2. The highest BCUT2D eigenvalue weighted by molar-refractivity contribution is 5.76. The maximum atomic E-state index is 12.5. The van der Waals surface area contributed by atoms with Crippen molar-refractivity contribution >= 4 is 11.6 Å². The van der Waals surface area contributed by atoms with Crippen molar-refractivity contribution in [3.05, 3.63) is 65.2 Å². The molecule has 0 radical (unpaired) electrons. The number of nitrogen functional groups attached to an aromatic ring is 1. The summed E-state index contributed by atoms with van der Waals surface area (Å²) < 4.78 is 37.6. The number of rotatable bonds is 6. The first kappa shape index (κ1) is 18.8. The smallest absolute Gasteiger partial charge is 0.399 e. The number of anilines is 1. The second kappa shape index (κ2) is 8.05. The van der Waals surface area contributed by atoms with Crippen LogP contribution in [0.5, 0.6) is 0 Å². The number of hydrogen-bond donors (Lipinski definition) is 2. The van der Waals surface area contributed by atoms with Crippen molar-refractivity contribution in [2.45, 2.75) is 38.4 Å². The van der Waals surface area contributed by atoms with E-state index in [-0.39, 0.29) is 11.9 Å². The molecule has 3 N–H and O–H groups in total. The molecule has 25 heavy (non-hydrogen) atoms. The molecule has 0 saturated carbocycles. The van der Waals surface area contributed by atoms with Gasteiger partial charge in [0.15, 0.2) is 0 Å². The molecule has 6 heteroatoms. The number of amides is 1. The highest BCUT2D eigenvalue weighted by atomic mass is 19.4. The van der Waals surface area contributed by atoms with Gasteiger partial charge in [0.1, 0.15) is 0 Å². The molecule has 2 aromatic rings. The summed E-state index contributed by atoms with van der Waals surface area (Å²) in [6.45, 7) is 1.83. The Balaban J connectivity index is 1.82. The maximum Gasteiger partial charge on any atom is 0.416 e. The highest BCUT2D eigenvalue weighted by Gasteiger charge is 2.29. The van der Waals surface area contributed by atoms with Crippen molar-refractivity contribution in [2.24, 2.45) is 0 Å². The van der Waals surface area contributed by atoms with Gasteiger partial charge in [-0.05, 0) is 49.1 Å². The van der Waals surface area contributed by atoms with E-state index in [9.17, 15) is 18.0 Å². The van der Waals surface area contributed by atoms with Crippen LogP contribution in [0.25, 0.3) is 0 Å². The number of hydrogen-bond acceptors (Lipinski definition) is 2. The fourth-order valence-corrected chi connectivity index (χ4v) is 2.59. The van der Waals surface area contributed by atoms with Gasteiger partial charge in [0, 0.05) is 18.2 Å². The highest BCUT2D eigenvalue weighted by Crippen LogP contribution is 2.29. The third-order valence-corrected chi connectivity index (χ3v) is 3.91. The predicted molar refractivity (Wildman–Crippen MR) is 91.9 cm³/mol. The van der Waals surface area contributed by atoms with E-state index < -0.39 is 11.7 Å². The lowest BCUT2D eigenvalue weighted by molar-refractivity contribution is -0.137. The first-order chi connectivity index (χ1) is 11.8. The van der Waals surface area contributed by atoms with Crippen LogP contribution in [0.3, 0.4) is 0 Å². The molecule has 134 valence electrons. The second-order valence-corrected chi connectivity index (χ2v) is 6.07. The number of nitrogens with two attached hydrogens (primary N) is 1. The number of halogens is 3. The van der Waals surface area contributed by atoms with Gasteiger partial charge in [0.05, 0.1) is 5.56 Å². The molecule has 0 aliphatic rings. The van der Waals surface area contributed by atoms with E-state index in [0.717, 1.165) is 23.3 Å². The molecule has 0 saturated heterocycles. The van der Waals surface area contributed by atoms with Gasteiger partial charge in [-0.1, -0.05) is 30.3 Å². The molecule has 0 spiro atoms. The van der Waals surface area contributed by atoms with E-state index in [1.807, 2.05) is 25.1 Å². The van der Waals surface area contributed by atoms with Crippen molar-refractivity contribution in [3.8, 4) is 0 Å². The molecule has 0 aromatic heterocycles. The van der Waals surface area contributed by atoms with Crippen LogP contribution < -0.4 is 11.1 Å². The summed E-state index contributed by atoms with van der Waals surface area (Å²) in [5.41, 5.74) is 7.50. The Morgan fingerprint density at radius 2 is 1.76 bits per heavy atom.